The van der Waals surface area contributed by atoms with Gasteiger partial charge in [0, 0.05) is 43.0 Å². The van der Waals surface area contributed by atoms with Crippen molar-refractivity contribution >= 4 is 29.3 Å². The van der Waals surface area contributed by atoms with Gasteiger partial charge in [0.2, 0.25) is 5.91 Å². The van der Waals surface area contributed by atoms with Crippen molar-refractivity contribution < 1.29 is 24.2 Å². The maximum atomic E-state index is 13.5. The Bertz CT molecular complexity index is 1400. The van der Waals surface area contributed by atoms with E-state index in [0.29, 0.717) is 37.2 Å². The average molecular weight is 600 g/mol. The van der Waals surface area contributed by atoms with Crippen LogP contribution in [0.5, 0.6) is 0 Å². The van der Waals surface area contributed by atoms with Gasteiger partial charge >= 0.3 is 6.09 Å². The van der Waals surface area contributed by atoms with Crippen molar-refractivity contribution in [2.45, 2.75) is 38.2 Å². The number of carbonyl (C=O) groups is 3. The van der Waals surface area contributed by atoms with E-state index in [1.807, 2.05) is 64.5 Å². The van der Waals surface area contributed by atoms with Crippen LogP contribution in [0.4, 0.5) is 16.2 Å². The number of likely N-dealkylation sites (tertiary alicyclic amines) is 1. The van der Waals surface area contributed by atoms with Gasteiger partial charge in [0.15, 0.2) is 0 Å². The van der Waals surface area contributed by atoms with Crippen LogP contribution in [-0.4, -0.2) is 84.9 Å². The number of rotatable bonds is 10. The fraction of sp³-hybridized carbons (Fsp3) is 0.382. The number of aliphatic hydroxyl groups excluding tert-OH is 1. The number of nitrogens with zero attached hydrogens (tertiary/aromatic N) is 3. The molecule has 0 atom stereocenters. The third kappa shape index (κ3) is 8.43. The minimum absolute atomic E-state index is 0.00335. The van der Waals surface area contributed by atoms with E-state index in [2.05, 4.69) is 10.6 Å². The number of aliphatic hydroxyl groups is 1. The summed E-state index contributed by atoms with van der Waals surface area (Å²) in [7, 11) is 0. The minimum Gasteiger partial charge on any atom is -0.446 e. The number of ether oxygens (including phenoxy) is 1. The number of benzene rings is 3. The zero-order valence-electron chi connectivity index (χ0n) is 25.0. The number of hydrogen-bond acceptors (Lipinski definition) is 7. The quantitative estimate of drug-likeness (QED) is 0.294. The Labute approximate surface area is 258 Å². The maximum absolute atomic E-state index is 13.5. The molecule has 2 heterocycles. The predicted octanol–water partition coefficient (Wildman–Crippen LogP) is 4.52. The predicted molar refractivity (Wildman–Crippen MR) is 170 cm³/mol. The van der Waals surface area contributed by atoms with Gasteiger partial charge in [-0.1, -0.05) is 61.0 Å². The van der Waals surface area contributed by atoms with Gasteiger partial charge in [0.25, 0.3) is 5.91 Å². The number of anilines is 2. The molecule has 2 aliphatic rings. The second-order valence-corrected chi connectivity index (χ2v) is 11.2. The first kappa shape index (κ1) is 31.2. The summed E-state index contributed by atoms with van der Waals surface area (Å²) in [6.45, 7) is 3.23. The minimum atomic E-state index is -0.488. The van der Waals surface area contributed by atoms with Crippen molar-refractivity contribution in [2.75, 3.05) is 56.2 Å². The molecule has 5 rings (SSSR count). The lowest BCUT2D eigenvalue weighted by Gasteiger charge is -2.37. The van der Waals surface area contributed by atoms with Gasteiger partial charge in [-0.3, -0.25) is 14.5 Å². The van der Waals surface area contributed by atoms with Gasteiger partial charge < -0.3 is 20.5 Å². The molecular weight excluding hydrogens is 558 g/mol. The Morgan fingerprint density at radius 2 is 1.59 bits per heavy atom. The Morgan fingerprint density at radius 3 is 2.36 bits per heavy atom. The second-order valence-electron chi connectivity index (χ2n) is 11.2. The summed E-state index contributed by atoms with van der Waals surface area (Å²) in [5.41, 5.74) is 3.62. The molecule has 0 bridgehead atoms. The van der Waals surface area contributed by atoms with Crippen molar-refractivity contribution in [1.29, 1.82) is 0 Å². The van der Waals surface area contributed by atoms with Crippen LogP contribution in [0.15, 0.2) is 78.9 Å². The third-order valence-corrected chi connectivity index (χ3v) is 7.95. The summed E-state index contributed by atoms with van der Waals surface area (Å²) in [5, 5.41) is 19.0. The molecule has 3 aromatic carbocycles. The lowest BCUT2D eigenvalue weighted by Crippen LogP contribution is -2.50. The number of hydrazine groups is 1. The average Bonchev–Trinajstić information content (AvgIpc) is 3.05. The van der Waals surface area contributed by atoms with Gasteiger partial charge in [0.05, 0.1) is 24.9 Å². The number of hydrogen-bond donors (Lipinski definition) is 3. The molecule has 10 nitrogen and oxygen atoms in total. The molecule has 2 fully saturated rings. The molecule has 0 aromatic heterocycles. The highest BCUT2D eigenvalue weighted by atomic mass is 16.6. The Balaban J connectivity index is 1.16. The van der Waals surface area contributed by atoms with E-state index < -0.39 is 6.09 Å². The van der Waals surface area contributed by atoms with Crippen LogP contribution in [0.25, 0.3) is 11.1 Å². The monoisotopic (exact) mass is 599 g/mol. The van der Waals surface area contributed by atoms with Crippen LogP contribution in [0.2, 0.25) is 0 Å². The molecule has 3 amide bonds. The molecule has 10 heteroatoms. The van der Waals surface area contributed by atoms with E-state index in [1.165, 1.54) is 0 Å². The molecule has 2 saturated heterocycles. The normalized spacial score (nSPS) is 16.2. The number of amides is 3. The first-order valence-electron chi connectivity index (χ1n) is 15.4. The molecule has 0 aliphatic carbocycles. The Hall–Kier alpha value is -4.25. The summed E-state index contributed by atoms with van der Waals surface area (Å²) in [4.78, 5) is 40.9. The molecule has 0 saturated carbocycles. The van der Waals surface area contributed by atoms with Crippen molar-refractivity contribution in [1.82, 2.24) is 15.2 Å². The van der Waals surface area contributed by atoms with Gasteiger partial charge in [0.1, 0.15) is 6.61 Å². The lowest BCUT2D eigenvalue weighted by atomic mass is 10.0. The summed E-state index contributed by atoms with van der Waals surface area (Å²) in [6, 6.07) is 24.5. The number of para-hydroxylation sites is 1. The molecule has 232 valence electrons. The third-order valence-electron chi connectivity index (χ3n) is 7.95. The van der Waals surface area contributed by atoms with E-state index in [9.17, 15) is 19.5 Å². The van der Waals surface area contributed by atoms with Crippen LogP contribution in [0, 0.1) is 0 Å². The molecule has 0 spiro atoms. The largest absolute Gasteiger partial charge is 0.446 e. The van der Waals surface area contributed by atoms with Crippen LogP contribution >= 0.6 is 0 Å². The molecule has 3 N–H and O–H groups in total. The van der Waals surface area contributed by atoms with Crippen LogP contribution in [-0.2, 0) is 9.53 Å². The van der Waals surface area contributed by atoms with Gasteiger partial charge in [-0.15, -0.1) is 0 Å². The number of nitrogens with one attached hydrogen (secondary N) is 2. The summed E-state index contributed by atoms with van der Waals surface area (Å²) < 4.78 is 5.70. The van der Waals surface area contributed by atoms with E-state index in [0.717, 1.165) is 49.2 Å². The Morgan fingerprint density at radius 1 is 0.864 bits per heavy atom. The van der Waals surface area contributed by atoms with Crippen LogP contribution in [0.3, 0.4) is 0 Å². The molecule has 3 aromatic rings. The topological polar surface area (TPSA) is 114 Å². The zero-order chi connectivity index (χ0) is 30.7. The highest BCUT2D eigenvalue weighted by Crippen LogP contribution is 2.33. The number of piperidine rings is 2. The first-order valence-corrected chi connectivity index (χ1v) is 15.4. The van der Waals surface area contributed by atoms with E-state index in [1.54, 1.807) is 29.3 Å². The van der Waals surface area contributed by atoms with Gasteiger partial charge in [-0.25, -0.2) is 14.8 Å². The van der Waals surface area contributed by atoms with Crippen LogP contribution < -0.4 is 15.6 Å². The van der Waals surface area contributed by atoms with Crippen molar-refractivity contribution in [2.24, 2.45) is 0 Å². The molecule has 0 unspecified atom stereocenters. The highest BCUT2D eigenvalue weighted by molar-refractivity contribution is 5.97. The fourth-order valence-corrected chi connectivity index (χ4v) is 5.65. The first-order chi connectivity index (χ1) is 21.5. The molecule has 44 heavy (non-hydrogen) atoms. The second kappa shape index (κ2) is 15.5. The Kier molecular flexibility index (Phi) is 11.0. The van der Waals surface area contributed by atoms with E-state index in [-0.39, 0.29) is 37.6 Å². The maximum Gasteiger partial charge on any atom is 0.429 e. The lowest BCUT2D eigenvalue weighted by molar-refractivity contribution is -0.117. The van der Waals surface area contributed by atoms with Crippen LogP contribution in [0.1, 0.15) is 42.5 Å². The smallest absolute Gasteiger partial charge is 0.429 e. The summed E-state index contributed by atoms with van der Waals surface area (Å²) in [6.07, 6.45) is 3.66. The van der Waals surface area contributed by atoms with Crippen molar-refractivity contribution in [3.05, 3.63) is 84.4 Å². The molecule has 0 radical (unpaired) electrons. The van der Waals surface area contributed by atoms with Gasteiger partial charge in [-0.2, -0.15) is 0 Å². The summed E-state index contributed by atoms with van der Waals surface area (Å²) in [5.74, 6) is -0.498. The van der Waals surface area contributed by atoms with E-state index >= 15 is 0 Å². The van der Waals surface area contributed by atoms with Crippen molar-refractivity contribution in [3.63, 3.8) is 0 Å². The fourth-order valence-electron chi connectivity index (χ4n) is 5.65. The highest BCUT2D eigenvalue weighted by Gasteiger charge is 2.28. The van der Waals surface area contributed by atoms with Gasteiger partial charge in [-0.05, 0) is 55.5 Å². The molecule has 2 aliphatic heterocycles. The number of carbonyl (C=O) groups excluding carboxylic acids is 3. The zero-order valence-corrected chi connectivity index (χ0v) is 25.0. The van der Waals surface area contributed by atoms with E-state index in [4.69, 9.17) is 4.74 Å². The standard InChI is InChI=1S/C34H41N5O5/c40-29-16-21-37(22-17-29)25-32(41)36-28-13-9-12-27(24-28)33(42)35-18-23-44-34(43)39(38-19-7-2-8-20-38)31-15-6-5-14-30(31)26-10-3-1-4-11-26/h1,3-6,9-15,24,29,40H,2,7-8,16-23,25H2,(H,35,42)(H,36,41). The molecular formula is C34H41N5O5. The SMILES string of the molecule is O=C(CN1CCC(O)CC1)Nc1cccc(C(=O)NCCOC(=O)N(c2ccccc2-c2ccccc2)N2CCCCC2)c1. The summed E-state index contributed by atoms with van der Waals surface area (Å²) >= 11 is 0. The van der Waals surface area contributed by atoms with Crippen molar-refractivity contribution in [3.8, 4) is 11.1 Å².